The number of unbranched alkanes of at least 4 members (excludes halogenated alkanes) is 2. The van der Waals surface area contributed by atoms with E-state index in [9.17, 15) is 4.79 Å². The van der Waals surface area contributed by atoms with E-state index in [2.05, 4.69) is 19.1 Å². The van der Waals surface area contributed by atoms with Crippen molar-refractivity contribution in [2.75, 3.05) is 6.61 Å². The van der Waals surface area contributed by atoms with Gasteiger partial charge >= 0.3 is 5.97 Å². The first-order valence-corrected chi connectivity index (χ1v) is 9.64. The molecule has 0 heterocycles. The summed E-state index contributed by atoms with van der Waals surface area (Å²) in [7, 11) is 0. The lowest BCUT2D eigenvalue weighted by molar-refractivity contribution is 0.0734. The summed E-state index contributed by atoms with van der Waals surface area (Å²) in [6.45, 7) is 2.76. The van der Waals surface area contributed by atoms with Gasteiger partial charge in [0, 0.05) is 5.92 Å². The highest BCUT2D eigenvalue weighted by atomic mass is 35.5. The summed E-state index contributed by atoms with van der Waals surface area (Å²) in [6, 6.07) is 12.5. The largest absolute Gasteiger partial charge is 0.492 e. The van der Waals surface area contributed by atoms with E-state index in [0.717, 1.165) is 24.8 Å². The molecule has 0 fully saturated rings. The third-order valence-corrected chi connectivity index (χ3v) is 4.69. The number of hydrogen-bond donors (Lipinski definition) is 0. The van der Waals surface area contributed by atoms with Crippen LogP contribution in [0.15, 0.2) is 66.8 Å². The first kappa shape index (κ1) is 19.2. The number of ether oxygens (including phenoxy) is 2. The Morgan fingerprint density at radius 1 is 1.04 bits per heavy atom. The van der Waals surface area contributed by atoms with Crippen molar-refractivity contribution >= 4 is 17.6 Å². The van der Waals surface area contributed by atoms with Crippen LogP contribution >= 0.6 is 11.6 Å². The van der Waals surface area contributed by atoms with Crippen molar-refractivity contribution in [2.45, 2.75) is 32.1 Å². The number of benzene rings is 2. The van der Waals surface area contributed by atoms with E-state index >= 15 is 0 Å². The number of esters is 1. The predicted molar refractivity (Wildman–Crippen MR) is 109 cm³/mol. The first-order chi connectivity index (χ1) is 13.2. The molecule has 0 aromatic heterocycles. The minimum Gasteiger partial charge on any atom is -0.492 e. The van der Waals surface area contributed by atoms with Crippen LogP contribution in [0, 0.1) is 0 Å². The Kier molecular flexibility index (Phi) is 6.72. The Morgan fingerprint density at radius 2 is 1.78 bits per heavy atom. The van der Waals surface area contributed by atoms with Crippen molar-refractivity contribution in [3.63, 3.8) is 0 Å². The second-order valence-electron chi connectivity index (χ2n) is 6.45. The van der Waals surface area contributed by atoms with Gasteiger partial charge in [0.25, 0.3) is 0 Å². The van der Waals surface area contributed by atoms with Crippen molar-refractivity contribution in [1.29, 1.82) is 0 Å². The SMILES string of the molecule is CCCCCOc1ccc(C(=O)Oc2ccc(C3C=CC=C3)cc2)cc1Cl. The van der Waals surface area contributed by atoms with Crippen LogP contribution in [0.25, 0.3) is 0 Å². The van der Waals surface area contributed by atoms with Gasteiger partial charge in [0.15, 0.2) is 0 Å². The summed E-state index contributed by atoms with van der Waals surface area (Å²) >= 11 is 6.24. The van der Waals surface area contributed by atoms with E-state index in [-0.39, 0.29) is 0 Å². The number of hydrogen-bond acceptors (Lipinski definition) is 3. The van der Waals surface area contributed by atoms with E-state index in [4.69, 9.17) is 21.1 Å². The van der Waals surface area contributed by atoms with E-state index < -0.39 is 5.97 Å². The molecule has 0 bridgehead atoms. The Bertz CT molecular complexity index is 825. The predicted octanol–water partition coefficient (Wildman–Crippen LogP) is 6.34. The topological polar surface area (TPSA) is 35.5 Å². The summed E-state index contributed by atoms with van der Waals surface area (Å²) in [4.78, 5) is 12.4. The summed E-state index contributed by atoms with van der Waals surface area (Å²) in [5, 5.41) is 0.413. The van der Waals surface area contributed by atoms with Crippen LogP contribution in [-0.2, 0) is 0 Å². The van der Waals surface area contributed by atoms with Crippen LogP contribution < -0.4 is 9.47 Å². The smallest absolute Gasteiger partial charge is 0.343 e. The van der Waals surface area contributed by atoms with Gasteiger partial charge in [-0.3, -0.25) is 0 Å². The maximum absolute atomic E-state index is 12.4. The molecule has 3 nitrogen and oxygen atoms in total. The molecule has 3 rings (SSSR count). The van der Waals surface area contributed by atoms with Gasteiger partial charge in [0.1, 0.15) is 11.5 Å². The quantitative estimate of drug-likeness (QED) is 0.303. The molecule has 0 saturated carbocycles. The minimum absolute atomic E-state index is 0.290. The van der Waals surface area contributed by atoms with Crippen molar-refractivity contribution in [1.82, 2.24) is 0 Å². The van der Waals surface area contributed by atoms with Crippen LogP contribution in [0.5, 0.6) is 11.5 Å². The van der Waals surface area contributed by atoms with Crippen LogP contribution in [0.3, 0.4) is 0 Å². The van der Waals surface area contributed by atoms with E-state index in [0.29, 0.717) is 34.6 Å². The van der Waals surface area contributed by atoms with Gasteiger partial charge in [-0.05, 0) is 42.3 Å². The Balaban J connectivity index is 1.59. The molecule has 1 aliphatic carbocycles. The molecule has 0 spiro atoms. The highest BCUT2D eigenvalue weighted by Gasteiger charge is 2.13. The Morgan fingerprint density at radius 3 is 2.44 bits per heavy atom. The van der Waals surface area contributed by atoms with E-state index in [1.807, 2.05) is 24.3 Å². The molecule has 0 saturated heterocycles. The minimum atomic E-state index is -0.442. The standard InChI is InChI=1S/C23H23ClO3/c1-2-3-6-15-26-22-14-11-19(16-21(22)24)23(25)27-20-12-9-18(10-13-20)17-7-4-5-8-17/h4-5,7-14,16-17H,2-3,6,15H2,1H3. The van der Waals surface area contributed by atoms with Crippen LogP contribution in [0.4, 0.5) is 0 Å². The van der Waals surface area contributed by atoms with Crippen molar-refractivity contribution in [3.8, 4) is 11.5 Å². The van der Waals surface area contributed by atoms with Gasteiger partial charge in [-0.15, -0.1) is 0 Å². The molecule has 0 atom stereocenters. The zero-order valence-corrected chi connectivity index (χ0v) is 16.1. The van der Waals surface area contributed by atoms with Crippen molar-refractivity contribution < 1.29 is 14.3 Å². The average molecular weight is 383 g/mol. The van der Waals surface area contributed by atoms with Gasteiger partial charge in [-0.1, -0.05) is 67.8 Å². The highest BCUT2D eigenvalue weighted by Crippen LogP contribution is 2.27. The highest BCUT2D eigenvalue weighted by molar-refractivity contribution is 6.32. The van der Waals surface area contributed by atoms with Crippen LogP contribution in [-0.4, -0.2) is 12.6 Å². The summed E-state index contributed by atoms with van der Waals surface area (Å²) in [6.07, 6.45) is 11.5. The fourth-order valence-corrected chi connectivity index (χ4v) is 3.09. The summed E-state index contributed by atoms with van der Waals surface area (Å²) in [5.41, 5.74) is 1.55. The first-order valence-electron chi connectivity index (χ1n) is 9.27. The van der Waals surface area contributed by atoms with Gasteiger partial charge in [0.05, 0.1) is 17.2 Å². The van der Waals surface area contributed by atoms with Crippen molar-refractivity contribution in [2.24, 2.45) is 0 Å². The third-order valence-electron chi connectivity index (χ3n) is 4.40. The third kappa shape index (κ3) is 5.24. The van der Waals surface area contributed by atoms with Crippen LogP contribution in [0.2, 0.25) is 5.02 Å². The molecule has 140 valence electrons. The molecule has 4 heteroatoms. The maximum Gasteiger partial charge on any atom is 0.343 e. The second kappa shape index (κ2) is 9.43. The molecule has 1 aliphatic rings. The van der Waals surface area contributed by atoms with E-state index in [1.54, 1.807) is 30.3 Å². The number of rotatable bonds is 8. The molecule has 0 amide bonds. The summed E-state index contributed by atoms with van der Waals surface area (Å²) in [5.74, 6) is 0.943. The number of carbonyl (C=O) groups excluding carboxylic acids is 1. The monoisotopic (exact) mass is 382 g/mol. The van der Waals surface area contributed by atoms with E-state index in [1.165, 1.54) is 0 Å². The summed E-state index contributed by atoms with van der Waals surface area (Å²) < 4.78 is 11.1. The van der Waals surface area contributed by atoms with Gasteiger partial charge in [0.2, 0.25) is 0 Å². The molecule has 0 unspecified atom stereocenters. The average Bonchev–Trinajstić information content (AvgIpc) is 3.21. The number of halogens is 1. The molecule has 2 aromatic carbocycles. The molecule has 0 radical (unpaired) electrons. The lowest BCUT2D eigenvalue weighted by atomic mass is 10.0. The molecule has 2 aromatic rings. The zero-order valence-electron chi connectivity index (χ0n) is 15.4. The number of carbonyl (C=O) groups is 1. The maximum atomic E-state index is 12.4. The normalized spacial score (nSPS) is 13.1. The zero-order chi connectivity index (χ0) is 19.1. The Hall–Kier alpha value is -2.52. The molecule has 27 heavy (non-hydrogen) atoms. The van der Waals surface area contributed by atoms with Gasteiger partial charge in [-0.25, -0.2) is 4.79 Å². The lowest BCUT2D eigenvalue weighted by Gasteiger charge is -2.10. The molecular formula is C23H23ClO3. The molecular weight excluding hydrogens is 360 g/mol. The molecule has 0 aliphatic heterocycles. The lowest BCUT2D eigenvalue weighted by Crippen LogP contribution is -2.09. The second-order valence-corrected chi connectivity index (χ2v) is 6.86. The fourth-order valence-electron chi connectivity index (χ4n) is 2.86. The van der Waals surface area contributed by atoms with Gasteiger partial charge < -0.3 is 9.47 Å². The molecule has 0 N–H and O–H groups in total. The fraction of sp³-hybridized carbons (Fsp3) is 0.261. The van der Waals surface area contributed by atoms with Gasteiger partial charge in [-0.2, -0.15) is 0 Å². The van der Waals surface area contributed by atoms with Crippen LogP contribution in [0.1, 0.15) is 48.0 Å². The Labute approximate surface area is 165 Å². The number of allylic oxidation sites excluding steroid dienone is 4. The van der Waals surface area contributed by atoms with Crippen molar-refractivity contribution in [3.05, 3.63) is 82.9 Å².